The summed E-state index contributed by atoms with van der Waals surface area (Å²) < 4.78 is 66.8. The molecule has 0 radical (unpaired) electrons. The van der Waals surface area contributed by atoms with Crippen molar-refractivity contribution >= 4 is 21.9 Å². The van der Waals surface area contributed by atoms with E-state index in [0.29, 0.717) is 19.0 Å². The smallest absolute Gasteiger partial charge is 0.417 e. The molecule has 0 spiro atoms. The molecular formula is C14H17F3N2O4S. The normalized spacial score (nSPS) is 19.9. The highest BCUT2D eigenvalue weighted by atomic mass is 32.2. The maximum atomic E-state index is 13.0. The van der Waals surface area contributed by atoms with Gasteiger partial charge in [0.25, 0.3) is 0 Å². The molecule has 6 nitrogen and oxygen atoms in total. The Labute approximate surface area is 137 Å². The van der Waals surface area contributed by atoms with Crippen LogP contribution in [0.2, 0.25) is 0 Å². The minimum atomic E-state index is -4.91. The molecule has 134 valence electrons. The lowest BCUT2D eigenvalue weighted by Gasteiger charge is -2.30. The number of carboxylic acid groups (broad SMARTS) is 1. The van der Waals surface area contributed by atoms with Gasteiger partial charge in [-0.15, -0.1) is 0 Å². The van der Waals surface area contributed by atoms with Crippen LogP contribution >= 0.6 is 0 Å². The molecule has 1 atom stereocenters. The Morgan fingerprint density at radius 3 is 2.58 bits per heavy atom. The number of alkyl halides is 3. The summed E-state index contributed by atoms with van der Waals surface area (Å²) in [4.78, 5) is 10.9. The van der Waals surface area contributed by atoms with Gasteiger partial charge in [0.05, 0.1) is 16.8 Å². The van der Waals surface area contributed by atoms with Crippen LogP contribution in [-0.4, -0.2) is 36.9 Å². The van der Waals surface area contributed by atoms with E-state index in [1.54, 1.807) is 0 Å². The van der Waals surface area contributed by atoms with Crippen LogP contribution in [0.1, 0.15) is 35.7 Å². The minimum Gasteiger partial charge on any atom is -0.478 e. The molecule has 1 aliphatic rings. The van der Waals surface area contributed by atoms with Crippen LogP contribution in [-0.2, 0) is 16.4 Å². The standard InChI is InChI=1S/C14H17F3N2O4S/c1-9-3-2-6-19(8-9)24(22,23)18-10-4-5-11(13(20)21)12(7-10)14(15,16)17/h4-5,7,9,18H,2-3,6,8H2,1H3,(H,20,21)/t9-/m1/s1. The number of nitrogens with zero attached hydrogens (tertiary/aromatic N) is 1. The van der Waals surface area contributed by atoms with E-state index in [0.717, 1.165) is 18.6 Å². The van der Waals surface area contributed by atoms with Crippen molar-refractivity contribution in [1.82, 2.24) is 4.31 Å². The SMILES string of the molecule is C[C@@H]1CCCN(S(=O)(=O)Nc2ccc(C(=O)O)c(C(F)(F)F)c2)C1. The number of hydrogen-bond acceptors (Lipinski definition) is 3. The number of halogens is 3. The number of carboxylic acids is 1. The van der Waals surface area contributed by atoms with Gasteiger partial charge >= 0.3 is 22.4 Å². The summed E-state index contributed by atoms with van der Waals surface area (Å²) in [5.74, 6) is -1.57. The fraction of sp³-hybridized carbons (Fsp3) is 0.500. The summed E-state index contributed by atoms with van der Waals surface area (Å²) in [6.45, 7) is 2.47. The van der Waals surface area contributed by atoms with Gasteiger partial charge in [0.1, 0.15) is 0 Å². The third kappa shape index (κ3) is 4.18. The van der Waals surface area contributed by atoms with Gasteiger partial charge < -0.3 is 5.11 Å². The number of anilines is 1. The van der Waals surface area contributed by atoms with Crippen molar-refractivity contribution in [2.45, 2.75) is 25.9 Å². The van der Waals surface area contributed by atoms with E-state index in [4.69, 9.17) is 5.11 Å². The number of hydrogen-bond donors (Lipinski definition) is 2. The first-order chi connectivity index (χ1) is 11.0. The molecule has 24 heavy (non-hydrogen) atoms. The number of piperidine rings is 1. The molecule has 10 heteroatoms. The van der Waals surface area contributed by atoms with Crippen LogP contribution in [0.25, 0.3) is 0 Å². The number of rotatable bonds is 4. The Bertz CT molecular complexity index is 734. The van der Waals surface area contributed by atoms with E-state index >= 15 is 0 Å². The maximum absolute atomic E-state index is 13.0. The van der Waals surface area contributed by atoms with Crippen LogP contribution in [0.15, 0.2) is 18.2 Å². The van der Waals surface area contributed by atoms with Crippen molar-refractivity contribution < 1.29 is 31.5 Å². The van der Waals surface area contributed by atoms with Gasteiger partial charge in [0, 0.05) is 13.1 Å². The molecule has 1 aliphatic heterocycles. The average molecular weight is 366 g/mol. The molecule has 0 aromatic heterocycles. The Hall–Kier alpha value is -1.81. The van der Waals surface area contributed by atoms with E-state index < -0.39 is 33.5 Å². The van der Waals surface area contributed by atoms with Crippen molar-refractivity contribution in [3.63, 3.8) is 0 Å². The molecule has 1 heterocycles. The van der Waals surface area contributed by atoms with E-state index in [2.05, 4.69) is 4.72 Å². The highest BCUT2D eigenvalue weighted by Crippen LogP contribution is 2.34. The first kappa shape index (κ1) is 18.5. The summed E-state index contributed by atoms with van der Waals surface area (Å²) in [5.41, 5.74) is -2.66. The molecule has 1 saturated heterocycles. The third-order valence-corrected chi connectivity index (χ3v) is 5.27. The molecule has 0 saturated carbocycles. The van der Waals surface area contributed by atoms with Gasteiger partial charge in [-0.2, -0.15) is 25.9 Å². The van der Waals surface area contributed by atoms with Crippen molar-refractivity contribution in [3.05, 3.63) is 29.3 Å². The Balaban J connectivity index is 2.31. The second-order valence-electron chi connectivity index (χ2n) is 5.78. The van der Waals surface area contributed by atoms with Crippen LogP contribution in [0, 0.1) is 5.92 Å². The van der Waals surface area contributed by atoms with E-state index in [1.807, 2.05) is 6.92 Å². The number of benzene rings is 1. The zero-order chi connectivity index (χ0) is 18.1. The molecule has 1 fully saturated rings. The molecule has 0 aliphatic carbocycles. The molecule has 2 N–H and O–H groups in total. The average Bonchev–Trinajstić information content (AvgIpc) is 2.45. The zero-order valence-corrected chi connectivity index (χ0v) is 13.6. The second kappa shape index (κ2) is 6.60. The fourth-order valence-electron chi connectivity index (χ4n) is 2.61. The highest BCUT2D eigenvalue weighted by molar-refractivity contribution is 7.90. The molecule has 0 bridgehead atoms. The minimum absolute atomic E-state index is 0.162. The van der Waals surface area contributed by atoms with Gasteiger partial charge in [-0.3, -0.25) is 4.72 Å². The van der Waals surface area contributed by atoms with Gasteiger partial charge in [-0.05, 0) is 37.0 Å². The first-order valence-corrected chi connectivity index (χ1v) is 8.67. The summed E-state index contributed by atoms with van der Waals surface area (Å²) in [7, 11) is -4.00. The first-order valence-electron chi connectivity index (χ1n) is 7.23. The van der Waals surface area contributed by atoms with Gasteiger partial charge in [-0.25, -0.2) is 4.79 Å². The molecule has 0 amide bonds. The summed E-state index contributed by atoms with van der Waals surface area (Å²) in [5, 5.41) is 8.84. The van der Waals surface area contributed by atoms with E-state index in [9.17, 15) is 26.4 Å². The Morgan fingerprint density at radius 1 is 1.38 bits per heavy atom. The van der Waals surface area contributed by atoms with E-state index in [-0.39, 0.29) is 18.2 Å². The zero-order valence-electron chi connectivity index (χ0n) is 12.8. The quantitative estimate of drug-likeness (QED) is 0.858. The second-order valence-corrected chi connectivity index (χ2v) is 7.45. The molecule has 1 aromatic carbocycles. The van der Waals surface area contributed by atoms with Crippen LogP contribution in [0.3, 0.4) is 0 Å². The lowest BCUT2D eigenvalue weighted by molar-refractivity contribution is -0.138. The number of aromatic carboxylic acids is 1. The summed E-state index contributed by atoms with van der Waals surface area (Å²) in [6.07, 6.45) is -3.35. The van der Waals surface area contributed by atoms with Crippen molar-refractivity contribution in [2.24, 2.45) is 5.92 Å². The van der Waals surface area contributed by atoms with Crippen molar-refractivity contribution in [2.75, 3.05) is 17.8 Å². The third-order valence-electron chi connectivity index (χ3n) is 3.76. The fourth-order valence-corrected chi connectivity index (χ4v) is 3.98. The number of carbonyl (C=O) groups is 1. The lowest BCUT2D eigenvalue weighted by Crippen LogP contribution is -2.42. The van der Waals surface area contributed by atoms with Crippen molar-refractivity contribution in [1.29, 1.82) is 0 Å². The predicted molar refractivity (Wildman–Crippen MR) is 80.9 cm³/mol. The molecular weight excluding hydrogens is 349 g/mol. The van der Waals surface area contributed by atoms with E-state index in [1.165, 1.54) is 4.31 Å². The van der Waals surface area contributed by atoms with Crippen molar-refractivity contribution in [3.8, 4) is 0 Å². The van der Waals surface area contributed by atoms with Gasteiger partial charge in [-0.1, -0.05) is 6.92 Å². The van der Waals surface area contributed by atoms with Gasteiger partial charge in [0.2, 0.25) is 0 Å². The van der Waals surface area contributed by atoms with Crippen LogP contribution < -0.4 is 4.72 Å². The number of nitrogens with one attached hydrogen (secondary N) is 1. The largest absolute Gasteiger partial charge is 0.478 e. The topological polar surface area (TPSA) is 86.7 Å². The van der Waals surface area contributed by atoms with Gasteiger partial charge in [0.15, 0.2) is 0 Å². The monoisotopic (exact) mass is 366 g/mol. The molecule has 2 rings (SSSR count). The highest BCUT2D eigenvalue weighted by Gasteiger charge is 2.36. The van der Waals surface area contributed by atoms with Crippen LogP contribution in [0.4, 0.5) is 18.9 Å². The molecule has 0 unspecified atom stereocenters. The summed E-state index contributed by atoms with van der Waals surface area (Å²) in [6, 6.07) is 2.24. The Kier molecular flexibility index (Phi) is 5.09. The van der Waals surface area contributed by atoms with Crippen LogP contribution in [0.5, 0.6) is 0 Å². The maximum Gasteiger partial charge on any atom is 0.417 e. The predicted octanol–water partition coefficient (Wildman–Crippen LogP) is 2.79. The lowest BCUT2D eigenvalue weighted by atomic mass is 10.0. The Morgan fingerprint density at radius 2 is 2.04 bits per heavy atom. The molecule has 1 aromatic rings. The summed E-state index contributed by atoms with van der Waals surface area (Å²) >= 11 is 0.